The zero-order chi connectivity index (χ0) is 15.9. The van der Waals surface area contributed by atoms with Crippen LogP contribution in [-0.4, -0.2) is 13.2 Å². The molecule has 0 atom stereocenters. The van der Waals surface area contributed by atoms with Gasteiger partial charge < -0.3 is 9.64 Å². The predicted octanol–water partition coefficient (Wildman–Crippen LogP) is 2.19. The van der Waals surface area contributed by atoms with Gasteiger partial charge in [-0.25, -0.2) is 0 Å². The van der Waals surface area contributed by atoms with Crippen LogP contribution in [-0.2, 0) is 13.0 Å². The third-order valence-electron chi connectivity index (χ3n) is 4.25. The summed E-state index contributed by atoms with van der Waals surface area (Å²) in [6, 6.07) is 6.26. The van der Waals surface area contributed by atoms with Crippen LogP contribution in [0.5, 0.6) is 5.75 Å². The van der Waals surface area contributed by atoms with E-state index in [-0.39, 0.29) is 10.9 Å². The molecule has 1 aliphatic rings. The Morgan fingerprint density at radius 1 is 1.23 bits per heavy atom. The lowest BCUT2D eigenvalue weighted by Gasteiger charge is -2.32. The van der Waals surface area contributed by atoms with Crippen LogP contribution in [0.3, 0.4) is 0 Å². The first-order valence-electron chi connectivity index (χ1n) is 7.77. The molecule has 116 valence electrons. The average Bonchev–Trinajstić information content (AvgIpc) is 2.51. The fourth-order valence-electron chi connectivity index (χ4n) is 3.01. The van der Waals surface area contributed by atoms with Crippen molar-refractivity contribution in [3.8, 4) is 5.75 Å². The minimum atomic E-state index is -0.336. The number of nitrogens with zero attached hydrogens (tertiary/aromatic N) is 1. The fraction of sp³-hybridized carbons (Fsp3) is 0.444. The van der Waals surface area contributed by atoms with E-state index in [1.54, 1.807) is 6.92 Å². The molecule has 22 heavy (non-hydrogen) atoms. The van der Waals surface area contributed by atoms with Gasteiger partial charge in [0.2, 0.25) is 10.9 Å². The highest BCUT2D eigenvalue weighted by molar-refractivity contribution is 5.62. The first kappa shape index (κ1) is 14.8. The third-order valence-corrected chi connectivity index (χ3v) is 4.25. The molecule has 0 aromatic heterocycles. The number of hydrogen-bond acceptors (Lipinski definition) is 4. The number of rotatable bonds is 4. The highest BCUT2D eigenvalue weighted by atomic mass is 16.5. The molecule has 2 aromatic carbocycles. The summed E-state index contributed by atoms with van der Waals surface area (Å²) in [5.41, 5.74) is 2.88. The summed E-state index contributed by atoms with van der Waals surface area (Å²) in [5, 5.41) is 0. The molecule has 0 N–H and O–H groups in total. The van der Waals surface area contributed by atoms with E-state index in [2.05, 4.69) is 30.9 Å². The van der Waals surface area contributed by atoms with Gasteiger partial charge in [0.25, 0.3) is 0 Å². The molecule has 0 radical (unpaired) electrons. The van der Waals surface area contributed by atoms with Crippen molar-refractivity contribution in [3.63, 3.8) is 0 Å². The molecule has 4 heteroatoms. The summed E-state index contributed by atoms with van der Waals surface area (Å²) in [4.78, 5) is 25.2. The molecule has 3 rings (SSSR count). The number of benzene rings is 1. The van der Waals surface area contributed by atoms with Gasteiger partial charge in [0.05, 0.1) is 12.2 Å². The maximum atomic E-state index is 11.7. The second-order valence-electron chi connectivity index (χ2n) is 6.43. The molecular formula is C18H21NO3. The first-order valence-corrected chi connectivity index (χ1v) is 7.77. The van der Waals surface area contributed by atoms with Gasteiger partial charge in [-0.3, -0.25) is 9.59 Å². The van der Waals surface area contributed by atoms with Crippen LogP contribution in [0.4, 0.5) is 5.69 Å². The van der Waals surface area contributed by atoms with Crippen molar-refractivity contribution in [2.24, 2.45) is 5.92 Å². The summed E-state index contributed by atoms with van der Waals surface area (Å²) in [6.45, 7) is 7.95. The van der Waals surface area contributed by atoms with Crippen molar-refractivity contribution in [1.82, 2.24) is 0 Å². The van der Waals surface area contributed by atoms with Crippen molar-refractivity contribution >= 4 is 5.69 Å². The zero-order valence-corrected chi connectivity index (χ0v) is 13.3. The summed E-state index contributed by atoms with van der Waals surface area (Å²) < 4.78 is 5.71. The predicted molar refractivity (Wildman–Crippen MR) is 87.6 cm³/mol. The molecule has 0 saturated carbocycles. The van der Waals surface area contributed by atoms with Gasteiger partial charge in [0.1, 0.15) is 12.4 Å². The van der Waals surface area contributed by atoms with Gasteiger partial charge in [-0.05, 0) is 37.0 Å². The molecule has 0 aliphatic carbocycles. The Kier molecular flexibility index (Phi) is 3.77. The molecule has 0 saturated heterocycles. The minimum absolute atomic E-state index is 0.330. The molecule has 2 aromatic rings. The van der Waals surface area contributed by atoms with Crippen molar-refractivity contribution in [2.75, 3.05) is 18.1 Å². The average molecular weight is 299 g/mol. The van der Waals surface area contributed by atoms with E-state index in [4.69, 9.17) is 4.74 Å². The second kappa shape index (κ2) is 5.59. The summed E-state index contributed by atoms with van der Waals surface area (Å²) >= 11 is 0. The standard InChI is InChI=1S/C18H21NO3/c1-11(2)8-13-4-5-16-15(9-13)19(6-7-22-16)10-14-12(3)17(20)18(14)21/h4-5,9,11H,6-8,10H2,1-3H3. The normalized spacial score (nSPS) is 14.3. The zero-order valence-electron chi connectivity index (χ0n) is 13.3. The Labute approximate surface area is 130 Å². The Morgan fingerprint density at radius 2 is 2.00 bits per heavy atom. The minimum Gasteiger partial charge on any atom is -0.490 e. The first-order chi connectivity index (χ1) is 10.5. The maximum absolute atomic E-state index is 11.7. The van der Waals surface area contributed by atoms with Crippen LogP contribution in [0.1, 0.15) is 30.5 Å². The molecule has 0 spiro atoms. The number of hydrogen-bond donors (Lipinski definition) is 0. The van der Waals surface area contributed by atoms with E-state index in [1.807, 2.05) is 6.07 Å². The lowest BCUT2D eigenvalue weighted by Crippen LogP contribution is -2.43. The van der Waals surface area contributed by atoms with Crippen LogP contribution in [0.2, 0.25) is 0 Å². The van der Waals surface area contributed by atoms with Gasteiger partial charge in [-0.15, -0.1) is 0 Å². The molecule has 0 fully saturated rings. The maximum Gasteiger partial charge on any atom is 0.231 e. The van der Waals surface area contributed by atoms with Crippen molar-refractivity contribution < 1.29 is 4.74 Å². The van der Waals surface area contributed by atoms with Gasteiger partial charge in [-0.2, -0.15) is 0 Å². The second-order valence-corrected chi connectivity index (χ2v) is 6.43. The van der Waals surface area contributed by atoms with Crippen LogP contribution in [0.15, 0.2) is 27.8 Å². The quantitative estimate of drug-likeness (QED) is 0.812. The highest BCUT2D eigenvalue weighted by Crippen LogP contribution is 2.34. The molecule has 0 unspecified atom stereocenters. The fourth-order valence-corrected chi connectivity index (χ4v) is 3.01. The van der Waals surface area contributed by atoms with E-state index in [1.165, 1.54) is 5.56 Å². The van der Waals surface area contributed by atoms with E-state index >= 15 is 0 Å². The number of anilines is 1. The summed E-state index contributed by atoms with van der Waals surface area (Å²) in [7, 11) is 0. The molecule has 1 heterocycles. The van der Waals surface area contributed by atoms with E-state index in [9.17, 15) is 9.59 Å². The van der Waals surface area contributed by atoms with Crippen molar-refractivity contribution in [1.29, 1.82) is 0 Å². The lowest BCUT2D eigenvalue weighted by atomic mass is 9.99. The largest absolute Gasteiger partial charge is 0.490 e. The lowest BCUT2D eigenvalue weighted by molar-refractivity contribution is 0.306. The van der Waals surface area contributed by atoms with Gasteiger partial charge >= 0.3 is 0 Å². The van der Waals surface area contributed by atoms with Crippen LogP contribution < -0.4 is 20.5 Å². The van der Waals surface area contributed by atoms with E-state index < -0.39 is 0 Å². The van der Waals surface area contributed by atoms with Crippen LogP contribution in [0.25, 0.3) is 0 Å². The van der Waals surface area contributed by atoms with Gasteiger partial charge in [-0.1, -0.05) is 19.9 Å². The van der Waals surface area contributed by atoms with Crippen LogP contribution in [0, 0.1) is 12.8 Å². The molecule has 4 nitrogen and oxygen atoms in total. The van der Waals surface area contributed by atoms with Gasteiger partial charge in [0, 0.05) is 17.7 Å². The topological polar surface area (TPSA) is 46.6 Å². The monoisotopic (exact) mass is 299 g/mol. The SMILES string of the molecule is Cc1c(CN2CCOc3ccc(CC(C)C)cc32)c(=O)c1=O. The Morgan fingerprint density at radius 3 is 2.68 bits per heavy atom. The smallest absolute Gasteiger partial charge is 0.231 e. The van der Waals surface area contributed by atoms with Crippen LogP contribution >= 0.6 is 0 Å². The summed E-state index contributed by atoms with van der Waals surface area (Å²) in [6.07, 6.45) is 1.01. The van der Waals surface area contributed by atoms with Gasteiger partial charge in [0.15, 0.2) is 0 Å². The van der Waals surface area contributed by atoms with Crippen molar-refractivity contribution in [2.45, 2.75) is 33.7 Å². The van der Waals surface area contributed by atoms with E-state index in [0.29, 0.717) is 30.2 Å². The Hall–Kier alpha value is -2.10. The molecule has 0 amide bonds. The molecule has 0 bridgehead atoms. The van der Waals surface area contributed by atoms with Crippen molar-refractivity contribution in [3.05, 3.63) is 55.3 Å². The third kappa shape index (κ3) is 2.54. The van der Waals surface area contributed by atoms with E-state index in [0.717, 1.165) is 24.4 Å². The highest BCUT2D eigenvalue weighted by Gasteiger charge is 2.24. The summed E-state index contributed by atoms with van der Waals surface area (Å²) in [5.74, 6) is 1.45. The molecular weight excluding hydrogens is 278 g/mol. The molecule has 1 aliphatic heterocycles. The Balaban J connectivity index is 1.90. The Bertz CT molecular complexity index is 769. The number of ether oxygens (including phenoxy) is 1. The number of fused-ring (bicyclic) bond motifs is 1.